The average Bonchev–Trinajstić information content (AvgIpc) is 2.19. The van der Waals surface area contributed by atoms with Crippen molar-refractivity contribution in [2.24, 2.45) is 27.6 Å². The zero-order chi connectivity index (χ0) is 16.5. The smallest absolute Gasteiger partial charge is 0.00689 e. The third-order valence-corrected chi connectivity index (χ3v) is 4.27. The third kappa shape index (κ3) is 6.85. The van der Waals surface area contributed by atoms with E-state index in [9.17, 15) is 0 Å². The van der Waals surface area contributed by atoms with Crippen molar-refractivity contribution in [1.82, 2.24) is 0 Å². The summed E-state index contributed by atoms with van der Waals surface area (Å²) in [6.07, 6.45) is 13.8. The Bertz CT molecular complexity index is 369. The highest BCUT2D eigenvalue weighted by molar-refractivity contribution is 5.18. The zero-order valence-corrected chi connectivity index (χ0v) is 16.0. The van der Waals surface area contributed by atoms with Gasteiger partial charge in [0.05, 0.1) is 0 Å². The van der Waals surface area contributed by atoms with Gasteiger partial charge in [0.2, 0.25) is 0 Å². The van der Waals surface area contributed by atoms with Gasteiger partial charge in [-0.1, -0.05) is 86.6 Å². The summed E-state index contributed by atoms with van der Waals surface area (Å²) < 4.78 is 0. The molecule has 0 saturated heterocycles. The van der Waals surface area contributed by atoms with Gasteiger partial charge in [0.15, 0.2) is 0 Å². The van der Waals surface area contributed by atoms with Crippen LogP contribution in [0.1, 0.15) is 81.6 Å². The lowest BCUT2D eigenvalue weighted by molar-refractivity contribution is 0.113. The van der Waals surface area contributed by atoms with Crippen molar-refractivity contribution < 1.29 is 0 Å². The molecule has 1 fully saturated rings. The van der Waals surface area contributed by atoms with E-state index in [4.69, 9.17) is 0 Å². The summed E-state index contributed by atoms with van der Waals surface area (Å²) in [5.74, 6) is 0.794. The minimum absolute atomic E-state index is 0.238. The minimum atomic E-state index is 0.238. The summed E-state index contributed by atoms with van der Waals surface area (Å²) in [4.78, 5) is 0. The standard InChI is InChI=1S/C21H38/c1-17-14-20(8,9)16-21(15-17,12-10-18(2,3)4)13-11-19(5,6)7/h10-13,17H,14-16H2,1-9H3. The molecule has 0 aromatic heterocycles. The van der Waals surface area contributed by atoms with Crippen molar-refractivity contribution >= 4 is 0 Å². The minimum Gasteiger partial charge on any atom is -0.0823 e. The Balaban J connectivity index is 3.16. The molecule has 21 heavy (non-hydrogen) atoms. The molecule has 122 valence electrons. The predicted molar refractivity (Wildman–Crippen MR) is 96.4 cm³/mol. The molecule has 1 aliphatic rings. The van der Waals surface area contributed by atoms with E-state index in [1.807, 2.05) is 0 Å². The highest BCUT2D eigenvalue weighted by Gasteiger charge is 2.40. The van der Waals surface area contributed by atoms with Crippen molar-refractivity contribution in [3.63, 3.8) is 0 Å². The molecule has 0 heteroatoms. The van der Waals surface area contributed by atoms with Crippen LogP contribution in [-0.4, -0.2) is 0 Å². The van der Waals surface area contributed by atoms with Crippen LogP contribution in [0, 0.1) is 27.6 Å². The molecule has 1 atom stereocenters. The number of hydrogen-bond acceptors (Lipinski definition) is 0. The fraction of sp³-hybridized carbons (Fsp3) is 0.810. The van der Waals surface area contributed by atoms with E-state index >= 15 is 0 Å². The predicted octanol–water partition coefficient (Wildman–Crippen LogP) is 7.02. The van der Waals surface area contributed by atoms with Gasteiger partial charge in [-0.25, -0.2) is 0 Å². The Morgan fingerprint density at radius 2 is 1.24 bits per heavy atom. The second-order valence-electron chi connectivity index (χ2n) is 10.5. The van der Waals surface area contributed by atoms with Gasteiger partial charge in [-0.05, 0) is 41.4 Å². The second-order valence-corrected chi connectivity index (χ2v) is 10.5. The number of rotatable bonds is 2. The van der Waals surface area contributed by atoms with Crippen molar-refractivity contribution in [3.8, 4) is 0 Å². The fourth-order valence-electron chi connectivity index (χ4n) is 3.84. The van der Waals surface area contributed by atoms with Gasteiger partial charge < -0.3 is 0 Å². The molecular weight excluding hydrogens is 252 g/mol. The molecule has 0 bridgehead atoms. The van der Waals surface area contributed by atoms with Crippen LogP contribution in [0.25, 0.3) is 0 Å². The molecule has 0 N–H and O–H groups in total. The van der Waals surface area contributed by atoms with E-state index in [0.29, 0.717) is 5.41 Å². The lowest BCUT2D eigenvalue weighted by Gasteiger charge is -2.45. The van der Waals surface area contributed by atoms with E-state index < -0.39 is 0 Å². The fourth-order valence-corrected chi connectivity index (χ4v) is 3.84. The van der Waals surface area contributed by atoms with Crippen molar-refractivity contribution in [2.75, 3.05) is 0 Å². The quantitative estimate of drug-likeness (QED) is 0.479. The van der Waals surface area contributed by atoms with Crippen LogP contribution in [-0.2, 0) is 0 Å². The molecule has 0 radical (unpaired) electrons. The summed E-state index contributed by atoms with van der Waals surface area (Å²) in [6.45, 7) is 21.1. The Labute approximate surface area is 134 Å². The van der Waals surface area contributed by atoms with Crippen LogP contribution < -0.4 is 0 Å². The molecule has 1 saturated carbocycles. The van der Waals surface area contributed by atoms with Crippen molar-refractivity contribution in [3.05, 3.63) is 24.3 Å². The van der Waals surface area contributed by atoms with Crippen LogP contribution >= 0.6 is 0 Å². The Morgan fingerprint density at radius 1 is 0.810 bits per heavy atom. The Kier molecular flexibility index (Phi) is 5.24. The molecule has 0 aromatic carbocycles. The van der Waals surface area contributed by atoms with E-state index in [0.717, 1.165) is 5.92 Å². The molecular formula is C21H38. The molecule has 0 aliphatic heterocycles. The first-order valence-electron chi connectivity index (χ1n) is 8.63. The first kappa shape index (κ1) is 18.5. The molecule has 0 spiro atoms. The SMILES string of the molecule is CC1CC(C)(C)CC(C=CC(C)(C)C)(C=CC(C)(C)C)C1. The topological polar surface area (TPSA) is 0 Å². The third-order valence-electron chi connectivity index (χ3n) is 4.27. The lowest BCUT2D eigenvalue weighted by atomic mass is 9.59. The van der Waals surface area contributed by atoms with Gasteiger partial charge in [0.1, 0.15) is 0 Å². The maximum Gasteiger partial charge on any atom is 0.00689 e. The number of allylic oxidation sites excluding steroid dienone is 4. The Hall–Kier alpha value is -0.520. The largest absolute Gasteiger partial charge is 0.0823 e. The molecule has 0 amide bonds. The van der Waals surface area contributed by atoms with Gasteiger partial charge in [0, 0.05) is 5.41 Å². The van der Waals surface area contributed by atoms with E-state index in [1.54, 1.807) is 0 Å². The summed E-state index contributed by atoms with van der Waals surface area (Å²) in [5.41, 5.74) is 1.19. The molecule has 0 nitrogen and oxygen atoms in total. The molecule has 0 heterocycles. The molecule has 1 unspecified atom stereocenters. The summed E-state index contributed by atoms with van der Waals surface area (Å²) in [7, 11) is 0. The Morgan fingerprint density at radius 3 is 1.57 bits per heavy atom. The average molecular weight is 291 g/mol. The summed E-state index contributed by atoms with van der Waals surface area (Å²) >= 11 is 0. The van der Waals surface area contributed by atoms with E-state index in [1.165, 1.54) is 19.3 Å². The van der Waals surface area contributed by atoms with E-state index in [2.05, 4.69) is 86.6 Å². The normalized spacial score (nSPS) is 31.2. The van der Waals surface area contributed by atoms with Crippen LogP contribution in [0.2, 0.25) is 0 Å². The number of hydrogen-bond donors (Lipinski definition) is 0. The summed E-state index contributed by atoms with van der Waals surface area (Å²) in [6, 6.07) is 0. The van der Waals surface area contributed by atoms with Gasteiger partial charge in [0.25, 0.3) is 0 Å². The van der Waals surface area contributed by atoms with Crippen molar-refractivity contribution in [2.45, 2.75) is 81.6 Å². The second kappa shape index (κ2) is 5.94. The van der Waals surface area contributed by atoms with Crippen LogP contribution in [0.4, 0.5) is 0 Å². The molecule has 0 aromatic rings. The molecule has 1 aliphatic carbocycles. The highest BCUT2D eigenvalue weighted by Crippen LogP contribution is 2.51. The van der Waals surface area contributed by atoms with Gasteiger partial charge in [-0.15, -0.1) is 0 Å². The molecule has 1 rings (SSSR count). The van der Waals surface area contributed by atoms with E-state index in [-0.39, 0.29) is 16.2 Å². The van der Waals surface area contributed by atoms with Crippen LogP contribution in [0.3, 0.4) is 0 Å². The maximum absolute atomic E-state index is 2.52. The summed E-state index contributed by atoms with van der Waals surface area (Å²) in [5, 5.41) is 0. The highest BCUT2D eigenvalue weighted by atomic mass is 14.4. The maximum atomic E-state index is 2.52. The monoisotopic (exact) mass is 290 g/mol. The van der Waals surface area contributed by atoms with Crippen LogP contribution in [0.5, 0.6) is 0 Å². The first-order valence-corrected chi connectivity index (χ1v) is 8.63. The van der Waals surface area contributed by atoms with Gasteiger partial charge in [-0.3, -0.25) is 0 Å². The zero-order valence-electron chi connectivity index (χ0n) is 16.0. The van der Waals surface area contributed by atoms with Crippen LogP contribution in [0.15, 0.2) is 24.3 Å². The lowest BCUT2D eigenvalue weighted by Crippen LogP contribution is -2.35. The first-order chi connectivity index (χ1) is 9.22. The van der Waals surface area contributed by atoms with Gasteiger partial charge >= 0.3 is 0 Å². The van der Waals surface area contributed by atoms with Crippen molar-refractivity contribution in [1.29, 1.82) is 0 Å². The van der Waals surface area contributed by atoms with Gasteiger partial charge in [-0.2, -0.15) is 0 Å².